The van der Waals surface area contributed by atoms with E-state index in [-0.39, 0.29) is 43.2 Å². The van der Waals surface area contributed by atoms with Crippen molar-refractivity contribution in [2.75, 3.05) is 40.0 Å². The lowest BCUT2D eigenvalue weighted by molar-refractivity contribution is -0.125. The largest absolute Gasteiger partial charge is 0.493 e. The van der Waals surface area contributed by atoms with Crippen molar-refractivity contribution in [3.8, 4) is 23.0 Å². The predicted molar refractivity (Wildman–Crippen MR) is 161 cm³/mol. The van der Waals surface area contributed by atoms with Crippen molar-refractivity contribution in [2.24, 2.45) is 5.73 Å². The Labute approximate surface area is 255 Å². The minimum Gasteiger partial charge on any atom is -0.493 e. The number of pyridine rings is 1. The Hall–Kier alpha value is -4.84. The number of ether oxygens (including phenoxy) is 4. The van der Waals surface area contributed by atoms with Gasteiger partial charge in [0, 0.05) is 45.2 Å². The summed E-state index contributed by atoms with van der Waals surface area (Å²) in [6.45, 7) is 1.23. The van der Waals surface area contributed by atoms with E-state index < -0.39 is 12.1 Å². The number of aromatic nitrogens is 1. The van der Waals surface area contributed by atoms with E-state index in [1.807, 2.05) is 30.3 Å². The van der Waals surface area contributed by atoms with Crippen LogP contribution >= 0.6 is 0 Å². The van der Waals surface area contributed by atoms with Gasteiger partial charge in [0.15, 0.2) is 29.5 Å². The van der Waals surface area contributed by atoms with Crippen molar-refractivity contribution >= 4 is 17.7 Å². The number of hydrogen-bond acceptors (Lipinski definition) is 9. The number of benzene rings is 2. The van der Waals surface area contributed by atoms with Crippen LogP contribution in [0.2, 0.25) is 0 Å². The van der Waals surface area contributed by atoms with Crippen LogP contribution in [0.5, 0.6) is 23.0 Å². The molecule has 1 fully saturated rings. The zero-order valence-electron chi connectivity index (χ0n) is 24.6. The summed E-state index contributed by atoms with van der Waals surface area (Å²) in [6, 6.07) is 15.7. The van der Waals surface area contributed by atoms with Gasteiger partial charge in [0.2, 0.25) is 5.91 Å². The van der Waals surface area contributed by atoms with Crippen molar-refractivity contribution in [3.63, 3.8) is 0 Å². The van der Waals surface area contributed by atoms with Crippen LogP contribution in [-0.2, 0) is 22.6 Å². The molecule has 12 heteroatoms. The van der Waals surface area contributed by atoms with Crippen molar-refractivity contribution in [1.82, 2.24) is 20.5 Å². The molecule has 44 heavy (non-hydrogen) atoms. The van der Waals surface area contributed by atoms with Gasteiger partial charge in [0.25, 0.3) is 11.8 Å². The number of nitrogens with one attached hydrogen (secondary N) is 2. The third-order valence-corrected chi connectivity index (χ3v) is 7.46. The van der Waals surface area contributed by atoms with Crippen molar-refractivity contribution < 1.29 is 33.3 Å². The number of piperidine rings is 1. The molecule has 0 saturated carbocycles. The highest BCUT2D eigenvalue weighted by molar-refractivity contribution is 5.95. The second-order valence-corrected chi connectivity index (χ2v) is 10.6. The molecular weight excluding hydrogens is 566 g/mol. The van der Waals surface area contributed by atoms with Gasteiger partial charge in [-0.1, -0.05) is 18.2 Å². The molecule has 3 amide bonds. The van der Waals surface area contributed by atoms with E-state index in [0.29, 0.717) is 61.9 Å². The SMILES string of the molecule is COc1cc2ccc1OCC(=O)N[C@@H]1CN(C(=O)c3ncccc3OCCN)CC[C@H]1Oc1ccc(cc1)CNC(=O)CC2. The minimum absolute atomic E-state index is 0.0661. The molecule has 1 aromatic heterocycles. The Kier molecular flexibility index (Phi) is 10.1. The Bertz CT molecular complexity index is 1470. The number of nitrogens with zero attached hydrogens (tertiary/aromatic N) is 2. The van der Waals surface area contributed by atoms with Crippen LogP contribution in [0.3, 0.4) is 0 Å². The molecule has 0 spiro atoms. The molecule has 4 bridgehead atoms. The Morgan fingerprint density at radius 1 is 1.07 bits per heavy atom. The highest BCUT2D eigenvalue weighted by atomic mass is 16.5. The summed E-state index contributed by atoms with van der Waals surface area (Å²) in [6.07, 6.45) is 2.40. The average molecular weight is 604 g/mol. The van der Waals surface area contributed by atoms with Gasteiger partial charge < -0.3 is 40.2 Å². The van der Waals surface area contributed by atoms with Crippen LogP contribution in [0.25, 0.3) is 0 Å². The number of likely N-dealkylation sites (tertiary alicyclic amines) is 1. The third kappa shape index (κ3) is 7.75. The smallest absolute Gasteiger partial charge is 0.276 e. The Balaban J connectivity index is 1.37. The number of hydrogen-bond donors (Lipinski definition) is 3. The number of nitrogens with two attached hydrogens (primary N) is 1. The number of methoxy groups -OCH3 is 1. The van der Waals surface area contributed by atoms with Gasteiger partial charge in [0.1, 0.15) is 18.5 Å². The van der Waals surface area contributed by atoms with Crippen molar-refractivity contribution in [1.29, 1.82) is 0 Å². The molecule has 232 valence electrons. The zero-order valence-corrected chi connectivity index (χ0v) is 24.6. The average Bonchev–Trinajstić information content (AvgIpc) is 3.05. The molecule has 8 rings (SSSR count). The van der Waals surface area contributed by atoms with Crippen LogP contribution < -0.4 is 35.3 Å². The molecule has 6 heterocycles. The maximum absolute atomic E-state index is 13.6. The van der Waals surface area contributed by atoms with Gasteiger partial charge in [-0.2, -0.15) is 0 Å². The third-order valence-electron chi connectivity index (χ3n) is 7.46. The highest BCUT2D eigenvalue weighted by Gasteiger charge is 2.35. The number of carbonyl (C=O) groups excluding carboxylic acids is 3. The normalized spacial score (nSPS) is 19.1. The predicted octanol–water partition coefficient (Wildman–Crippen LogP) is 1.85. The fourth-order valence-corrected chi connectivity index (χ4v) is 5.17. The zero-order chi connectivity index (χ0) is 30.9. The van der Waals surface area contributed by atoms with Gasteiger partial charge >= 0.3 is 0 Å². The lowest BCUT2D eigenvalue weighted by atomic mass is 10.0. The van der Waals surface area contributed by atoms with Gasteiger partial charge in [0.05, 0.1) is 13.2 Å². The summed E-state index contributed by atoms with van der Waals surface area (Å²) in [7, 11) is 1.52. The van der Waals surface area contributed by atoms with Gasteiger partial charge in [-0.25, -0.2) is 4.98 Å². The summed E-state index contributed by atoms with van der Waals surface area (Å²) >= 11 is 0. The summed E-state index contributed by atoms with van der Waals surface area (Å²) < 4.78 is 23.3. The molecule has 0 radical (unpaired) electrons. The number of carbonyl (C=O) groups is 3. The fraction of sp³-hybridized carbons (Fsp3) is 0.375. The van der Waals surface area contributed by atoms with E-state index in [1.165, 1.54) is 13.3 Å². The lowest BCUT2D eigenvalue weighted by Gasteiger charge is -2.38. The monoisotopic (exact) mass is 603 g/mol. The van der Waals surface area contributed by atoms with Crippen LogP contribution in [0, 0.1) is 0 Å². The lowest BCUT2D eigenvalue weighted by Crippen LogP contribution is -2.58. The number of amides is 3. The first-order valence-corrected chi connectivity index (χ1v) is 14.6. The van der Waals surface area contributed by atoms with E-state index in [9.17, 15) is 14.4 Å². The summed E-state index contributed by atoms with van der Waals surface area (Å²) in [5.74, 6) is 1.07. The molecule has 5 aliphatic heterocycles. The Morgan fingerprint density at radius 3 is 2.68 bits per heavy atom. The van der Waals surface area contributed by atoms with E-state index in [2.05, 4.69) is 15.6 Å². The molecule has 0 aliphatic carbocycles. The standard InChI is InChI=1S/C32H37N5O7/c1-41-28-17-21-6-10-26(28)43-20-30(39)36-24-19-37(32(40)31-27(42-16-13-33)3-2-14-34-31)15-12-25(24)44-23-8-4-22(5-9-23)18-35-29(38)11-7-21/h2-6,8-10,14,17,24-25H,7,11-13,15-16,18-20,33H2,1H3,(H,35,38)(H,36,39)/t24-,25-/m1/s1. The van der Waals surface area contributed by atoms with E-state index >= 15 is 0 Å². The van der Waals surface area contributed by atoms with Crippen LogP contribution in [0.15, 0.2) is 60.8 Å². The first kappa shape index (κ1) is 30.6. The highest BCUT2D eigenvalue weighted by Crippen LogP contribution is 2.29. The van der Waals surface area contributed by atoms with Gasteiger partial charge in [-0.15, -0.1) is 0 Å². The maximum atomic E-state index is 13.6. The second kappa shape index (κ2) is 14.6. The molecule has 2 aromatic carbocycles. The molecule has 0 unspecified atom stereocenters. The molecular formula is C32H37N5O7. The summed E-state index contributed by atoms with van der Waals surface area (Å²) in [4.78, 5) is 45.1. The molecule has 4 N–H and O–H groups in total. The molecule has 12 nitrogen and oxygen atoms in total. The van der Waals surface area contributed by atoms with Crippen LogP contribution in [0.4, 0.5) is 0 Å². The molecule has 2 atom stereocenters. The van der Waals surface area contributed by atoms with Gasteiger partial charge in [-0.3, -0.25) is 14.4 Å². The fourth-order valence-electron chi connectivity index (χ4n) is 5.17. The van der Waals surface area contributed by atoms with E-state index in [0.717, 1.165) is 11.1 Å². The van der Waals surface area contributed by atoms with Crippen LogP contribution in [-0.4, -0.2) is 79.7 Å². The molecule has 5 aliphatic rings. The first-order valence-electron chi connectivity index (χ1n) is 14.6. The van der Waals surface area contributed by atoms with Gasteiger partial charge in [-0.05, 0) is 53.9 Å². The van der Waals surface area contributed by atoms with E-state index in [1.54, 1.807) is 29.2 Å². The quantitative estimate of drug-likeness (QED) is 0.396. The van der Waals surface area contributed by atoms with E-state index in [4.69, 9.17) is 24.7 Å². The van der Waals surface area contributed by atoms with Crippen LogP contribution in [0.1, 0.15) is 34.5 Å². The topological polar surface area (TPSA) is 154 Å². The van der Waals surface area contributed by atoms with Crippen molar-refractivity contribution in [3.05, 3.63) is 77.6 Å². The molecule has 1 saturated heterocycles. The summed E-state index contributed by atoms with van der Waals surface area (Å²) in [5.41, 5.74) is 7.60. The molecule has 3 aromatic rings. The maximum Gasteiger partial charge on any atom is 0.276 e. The summed E-state index contributed by atoms with van der Waals surface area (Å²) in [5, 5.41) is 5.97. The Morgan fingerprint density at radius 2 is 1.89 bits per heavy atom. The number of aryl methyl sites for hydroxylation is 1. The minimum atomic E-state index is -0.547. The first-order chi connectivity index (χ1) is 21.4. The number of rotatable bonds is 5. The van der Waals surface area contributed by atoms with Crippen molar-refractivity contribution in [2.45, 2.75) is 38.0 Å². The second-order valence-electron chi connectivity index (χ2n) is 10.6.